The van der Waals surface area contributed by atoms with E-state index in [0.29, 0.717) is 5.92 Å². The summed E-state index contributed by atoms with van der Waals surface area (Å²) in [4.78, 5) is 0. The SMILES string of the molecule is [SiH3]C1(C(c2ccccc2)c2ccccc2)CCCCO1. The summed E-state index contributed by atoms with van der Waals surface area (Å²) in [7, 11) is 1.06. The molecule has 1 aliphatic heterocycles. The highest BCUT2D eigenvalue weighted by Crippen LogP contribution is 2.40. The fourth-order valence-electron chi connectivity index (χ4n) is 3.37. The van der Waals surface area contributed by atoms with Gasteiger partial charge >= 0.3 is 0 Å². The molecular formula is C18H22OSi. The van der Waals surface area contributed by atoms with Crippen molar-refractivity contribution in [3.63, 3.8) is 0 Å². The molecular weight excluding hydrogens is 260 g/mol. The van der Waals surface area contributed by atoms with Crippen molar-refractivity contribution in [2.24, 2.45) is 0 Å². The number of hydrogen-bond acceptors (Lipinski definition) is 1. The van der Waals surface area contributed by atoms with Gasteiger partial charge in [-0.1, -0.05) is 60.7 Å². The quantitative estimate of drug-likeness (QED) is 0.786. The fourth-order valence-corrected chi connectivity index (χ4v) is 4.60. The molecule has 1 nitrogen and oxygen atoms in total. The highest BCUT2D eigenvalue weighted by Gasteiger charge is 2.38. The predicted octanol–water partition coefficient (Wildman–Crippen LogP) is 3.08. The van der Waals surface area contributed by atoms with Gasteiger partial charge in [0.2, 0.25) is 0 Å². The molecule has 1 unspecified atom stereocenters. The third kappa shape index (κ3) is 2.72. The van der Waals surface area contributed by atoms with E-state index in [9.17, 15) is 0 Å². The lowest BCUT2D eigenvalue weighted by molar-refractivity contribution is -0.0277. The van der Waals surface area contributed by atoms with Gasteiger partial charge in [0.25, 0.3) is 0 Å². The van der Waals surface area contributed by atoms with Gasteiger partial charge in [0.15, 0.2) is 0 Å². The van der Waals surface area contributed by atoms with Crippen LogP contribution in [0.25, 0.3) is 0 Å². The van der Waals surface area contributed by atoms with Gasteiger partial charge in [0.05, 0.1) is 5.22 Å². The van der Waals surface area contributed by atoms with E-state index >= 15 is 0 Å². The van der Waals surface area contributed by atoms with Crippen molar-refractivity contribution < 1.29 is 4.74 Å². The Balaban J connectivity index is 2.04. The largest absolute Gasteiger partial charge is 0.379 e. The third-order valence-electron chi connectivity index (χ3n) is 4.38. The zero-order chi connectivity index (χ0) is 13.8. The Morgan fingerprint density at radius 2 is 1.40 bits per heavy atom. The average Bonchev–Trinajstić information content (AvgIpc) is 2.50. The van der Waals surface area contributed by atoms with Gasteiger partial charge in [-0.05, 0) is 30.4 Å². The highest BCUT2D eigenvalue weighted by atomic mass is 28.1. The van der Waals surface area contributed by atoms with Crippen LogP contribution in [0.15, 0.2) is 60.7 Å². The Labute approximate surface area is 124 Å². The molecule has 1 fully saturated rings. The van der Waals surface area contributed by atoms with E-state index in [4.69, 9.17) is 4.74 Å². The molecule has 0 bridgehead atoms. The Bertz CT molecular complexity index is 492. The van der Waals surface area contributed by atoms with Crippen molar-refractivity contribution in [1.29, 1.82) is 0 Å². The van der Waals surface area contributed by atoms with Gasteiger partial charge in [-0.25, -0.2) is 0 Å². The van der Waals surface area contributed by atoms with E-state index in [1.807, 2.05) is 0 Å². The van der Waals surface area contributed by atoms with Crippen LogP contribution in [0.1, 0.15) is 36.3 Å². The van der Waals surface area contributed by atoms with Crippen molar-refractivity contribution in [2.75, 3.05) is 6.61 Å². The second-order valence-electron chi connectivity index (χ2n) is 5.87. The standard InChI is InChI=1S/C18H22OSi/c20-18(13-7-8-14-19-18)17(15-9-3-1-4-10-15)16-11-5-2-6-12-16/h1-6,9-12,17H,7-8,13-14H2,20H3. The van der Waals surface area contributed by atoms with Crippen molar-refractivity contribution in [2.45, 2.75) is 30.4 Å². The van der Waals surface area contributed by atoms with Crippen molar-refractivity contribution >= 4 is 10.2 Å². The molecule has 104 valence electrons. The zero-order valence-electron chi connectivity index (χ0n) is 12.1. The van der Waals surface area contributed by atoms with Gasteiger partial charge in [-0.15, -0.1) is 0 Å². The van der Waals surface area contributed by atoms with Gasteiger partial charge < -0.3 is 4.74 Å². The minimum atomic E-state index is 0.0426. The van der Waals surface area contributed by atoms with Gasteiger partial charge in [0.1, 0.15) is 0 Å². The van der Waals surface area contributed by atoms with E-state index in [0.717, 1.165) is 16.8 Å². The summed E-state index contributed by atoms with van der Waals surface area (Å²) < 4.78 is 6.30. The van der Waals surface area contributed by atoms with Gasteiger partial charge in [0, 0.05) is 22.8 Å². The minimum absolute atomic E-state index is 0.0426. The van der Waals surface area contributed by atoms with E-state index in [1.54, 1.807) is 0 Å². The first kappa shape index (κ1) is 13.6. The molecule has 1 aliphatic rings. The molecule has 2 aromatic rings. The summed E-state index contributed by atoms with van der Waals surface area (Å²) in [5.74, 6) is 0.372. The molecule has 2 heteroatoms. The van der Waals surface area contributed by atoms with Crippen LogP contribution in [0.5, 0.6) is 0 Å². The summed E-state index contributed by atoms with van der Waals surface area (Å²) in [5.41, 5.74) is 2.77. The van der Waals surface area contributed by atoms with Crippen molar-refractivity contribution in [1.82, 2.24) is 0 Å². The molecule has 0 aromatic heterocycles. The van der Waals surface area contributed by atoms with Crippen LogP contribution in [0.2, 0.25) is 0 Å². The molecule has 0 aliphatic carbocycles. The lowest BCUT2D eigenvalue weighted by atomic mass is 9.83. The summed E-state index contributed by atoms with van der Waals surface area (Å²) >= 11 is 0. The van der Waals surface area contributed by atoms with Crippen molar-refractivity contribution in [3.05, 3.63) is 71.8 Å². The topological polar surface area (TPSA) is 9.23 Å². The van der Waals surface area contributed by atoms with Crippen LogP contribution in [-0.4, -0.2) is 22.1 Å². The Morgan fingerprint density at radius 1 is 0.850 bits per heavy atom. The monoisotopic (exact) mass is 282 g/mol. The predicted molar refractivity (Wildman–Crippen MR) is 87.2 cm³/mol. The normalized spacial score (nSPS) is 23.1. The van der Waals surface area contributed by atoms with Crippen LogP contribution in [0, 0.1) is 0 Å². The summed E-state index contributed by atoms with van der Waals surface area (Å²) in [6, 6.07) is 21.7. The molecule has 1 atom stereocenters. The first-order chi connectivity index (χ1) is 9.80. The van der Waals surface area contributed by atoms with E-state index < -0.39 is 0 Å². The Morgan fingerprint density at radius 3 is 1.85 bits per heavy atom. The number of hydrogen-bond donors (Lipinski definition) is 0. The summed E-state index contributed by atoms with van der Waals surface area (Å²) in [6.07, 6.45) is 3.69. The van der Waals surface area contributed by atoms with E-state index in [-0.39, 0.29) is 5.22 Å². The first-order valence-electron chi connectivity index (χ1n) is 7.53. The highest BCUT2D eigenvalue weighted by molar-refractivity contribution is 6.15. The smallest absolute Gasteiger partial charge is 0.0592 e. The van der Waals surface area contributed by atoms with Crippen LogP contribution >= 0.6 is 0 Å². The Hall–Kier alpha value is -1.38. The number of benzene rings is 2. The number of ether oxygens (including phenoxy) is 1. The number of rotatable bonds is 3. The van der Waals surface area contributed by atoms with Crippen molar-refractivity contribution in [3.8, 4) is 0 Å². The summed E-state index contributed by atoms with van der Waals surface area (Å²) in [5, 5.41) is 0.0426. The molecule has 0 spiro atoms. The van der Waals surface area contributed by atoms with Crippen LogP contribution in [0.4, 0.5) is 0 Å². The minimum Gasteiger partial charge on any atom is -0.379 e. The maximum atomic E-state index is 6.30. The molecule has 0 saturated carbocycles. The molecule has 0 amide bonds. The molecule has 1 saturated heterocycles. The molecule has 1 heterocycles. The van der Waals surface area contributed by atoms with Gasteiger partial charge in [-0.2, -0.15) is 0 Å². The molecule has 3 rings (SSSR count). The lowest BCUT2D eigenvalue weighted by Gasteiger charge is -2.41. The average molecular weight is 282 g/mol. The van der Waals surface area contributed by atoms with Crippen LogP contribution in [0.3, 0.4) is 0 Å². The molecule has 2 aromatic carbocycles. The first-order valence-corrected chi connectivity index (χ1v) is 8.53. The second-order valence-corrected chi connectivity index (χ2v) is 7.57. The van der Waals surface area contributed by atoms with Crippen LogP contribution in [-0.2, 0) is 4.74 Å². The molecule has 20 heavy (non-hydrogen) atoms. The lowest BCUT2D eigenvalue weighted by Crippen LogP contribution is -2.43. The van der Waals surface area contributed by atoms with E-state index in [1.165, 1.54) is 30.4 Å². The second kappa shape index (κ2) is 5.94. The maximum absolute atomic E-state index is 6.30. The molecule has 0 N–H and O–H groups in total. The maximum Gasteiger partial charge on any atom is 0.0592 e. The summed E-state index contributed by atoms with van der Waals surface area (Å²) in [6.45, 7) is 0.916. The molecule has 0 radical (unpaired) electrons. The van der Waals surface area contributed by atoms with E-state index in [2.05, 4.69) is 60.7 Å². The third-order valence-corrected chi connectivity index (χ3v) is 5.74. The van der Waals surface area contributed by atoms with Gasteiger partial charge in [-0.3, -0.25) is 0 Å². The Kier molecular flexibility index (Phi) is 4.04. The zero-order valence-corrected chi connectivity index (χ0v) is 14.1. The fraction of sp³-hybridized carbons (Fsp3) is 0.333. The van der Waals surface area contributed by atoms with Crippen LogP contribution < -0.4 is 0 Å².